The van der Waals surface area contributed by atoms with Crippen LogP contribution in [0.4, 0.5) is 0 Å². The number of thiazole rings is 1. The van der Waals surface area contributed by atoms with Gasteiger partial charge in [0, 0.05) is 30.4 Å². The summed E-state index contributed by atoms with van der Waals surface area (Å²) in [6, 6.07) is 4.06. The number of aromatic nitrogens is 3. The molecule has 0 amide bonds. The van der Waals surface area contributed by atoms with Gasteiger partial charge >= 0.3 is 0 Å². The number of nitrogens with one attached hydrogen (secondary N) is 1. The second-order valence-electron chi connectivity index (χ2n) is 5.01. The first kappa shape index (κ1) is 13.3. The lowest BCUT2D eigenvalue weighted by atomic mass is 10.2. The zero-order chi connectivity index (χ0) is 14.1. The van der Waals surface area contributed by atoms with Crippen LogP contribution in [0.25, 0.3) is 4.96 Å². The summed E-state index contributed by atoms with van der Waals surface area (Å²) in [5, 5.41) is 3.47. The van der Waals surface area contributed by atoms with E-state index in [9.17, 15) is 0 Å². The highest BCUT2D eigenvalue weighted by atomic mass is 32.1. The molecule has 1 N–H and O–H groups in total. The molecule has 4 nitrogen and oxygen atoms in total. The van der Waals surface area contributed by atoms with Crippen molar-refractivity contribution in [3.63, 3.8) is 0 Å². The summed E-state index contributed by atoms with van der Waals surface area (Å²) in [7, 11) is 0. The van der Waals surface area contributed by atoms with Gasteiger partial charge in [-0.2, -0.15) is 0 Å². The van der Waals surface area contributed by atoms with Crippen molar-refractivity contribution in [3.05, 3.63) is 52.0 Å². The fourth-order valence-electron chi connectivity index (χ4n) is 2.32. The average Bonchev–Trinajstić information content (AvgIpc) is 2.89. The molecular formula is C15H18N4S. The fourth-order valence-corrected chi connectivity index (χ4v) is 3.21. The number of fused-ring (bicyclic) bond motifs is 1. The molecule has 0 spiro atoms. The third-order valence-corrected chi connectivity index (χ3v) is 4.34. The van der Waals surface area contributed by atoms with Crippen LogP contribution in [0.3, 0.4) is 0 Å². The van der Waals surface area contributed by atoms with Gasteiger partial charge in [-0.25, -0.2) is 4.98 Å². The van der Waals surface area contributed by atoms with Crippen molar-refractivity contribution >= 4 is 16.3 Å². The van der Waals surface area contributed by atoms with Crippen LogP contribution < -0.4 is 5.32 Å². The van der Waals surface area contributed by atoms with E-state index in [1.165, 1.54) is 16.1 Å². The van der Waals surface area contributed by atoms with Crippen LogP contribution in [0.1, 0.15) is 27.5 Å². The highest BCUT2D eigenvalue weighted by Crippen LogP contribution is 2.20. The molecule has 0 saturated carbocycles. The summed E-state index contributed by atoms with van der Waals surface area (Å²) in [4.78, 5) is 11.4. The molecule has 0 radical (unpaired) electrons. The van der Waals surface area contributed by atoms with E-state index in [4.69, 9.17) is 0 Å². The smallest absolute Gasteiger partial charge is 0.194 e. The van der Waals surface area contributed by atoms with Gasteiger partial charge in [0.25, 0.3) is 0 Å². The Morgan fingerprint density at radius 1 is 1.25 bits per heavy atom. The molecule has 3 aromatic heterocycles. The SMILES string of the molecule is Cc1cn2c(CNCc3ncccc3C)c(C)nc2s1. The summed E-state index contributed by atoms with van der Waals surface area (Å²) in [5.74, 6) is 0. The third kappa shape index (κ3) is 2.46. The monoisotopic (exact) mass is 286 g/mol. The number of hydrogen-bond donors (Lipinski definition) is 1. The minimum absolute atomic E-state index is 0.780. The molecule has 104 valence electrons. The number of hydrogen-bond acceptors (Lipinski definition) is 4. The predicted octanol–water partition coefficient (Wildman–Crippen LogP) is 3.01. The Balaban J connectivity index is 1.74. The third-order valence-electron chi connectivity index (χ3n) is 3.44. The molecule has 20 heavy (non-hydrogen) atoms. The fraction of sp³-hybridized carbons (Fsp3) is 0.333. The zero-order valence-electron chi connectivity index (χ0n) is 12.0. The average molecular weight is 286 g/mol. The van der Waals surface area contributed by atoms with Crippen LogP contribution in [-0.2, 0) is 13.1 Å². The Bertz CT molecular complexity index is 741. The first-order valence-corrected chi connectivity index (χ1v) is 7.52. The number of pyridine rings is 1. The Morgan fingerprint density at radius 2 is 2.10 bits per heavy atom. The van der Waals surface area contributed by atoms with Crippen molar-refractivity contribution in [2.45, 2.75) is 33.9 Å². The summed E-state index contributed by atoms with van der Waals surface area (Å²) in [5.41, 5.74) is 4.66. The Hall–Kier alpha value is -1.72. The van der Waals surface area contributed by atoms with Crippen molar-refractivity contribution < 1.29 is 0 Å². The molecule has 0 atom stereocenters. The van der Waals surface area contributed by atoms with Crippen LogP contribution in [0, 0.1) is 20.8 Å². The Kier molecular flexibility index (Phi) is 3.54. The normalized spacial score (nSPS) is 11.3. The van der Waals surface area contributed by atoms with Crippen LogP contribution in [0.2, 0.25) is 0 Å². The quantitative estimate of drug-likeness (QED) is 0.801. The minimum atomic E-state index is 0.780. The van der Waals surface area contributed by atoms with E-state index in [-0.39, 0.29) is 0 Å². The van der Waals surface area contributed by atoms with Gasteiger partial charge in [0.15, 0.2) is 4.96 Å². The number of imidazole rings is 1. The van der Waals surface area contributed by atoms with Gasteiger partial charge in [-0.3, -0.25) is 9.38 Å². The van der Waals surface area contributed by atoms with Gasteiger partial charge in [0.2, 0.25) is 0 Å². The summed E-state index contributed by atoms with van der Waals surface area (Å²) in [6.45, 7) is 7.86. The molecule has 0 aliphatic carbocycles. The van der Waals surface area contributed by atoms with Gasteiger partial charge in [-0.1, -0.05) is 6.07 Å². The van der Waals surface area contributed by atoms with Crippen molar-refractivity contribution in [2.24, 2.45) is 0 Å². The molecule has 0 bridgehead atoms. The molecule has 0 aliphatic heterocycles. The van der Waals surface area contributed by atoms with E-state index >= 15 is 0 Å². The maximum Gasteiger partial charge on any atom is 0.194 e. The first-order valence-electron chi connectivity index (χ1n) is 6.70. The molecule has 3 heterocycles. The highest BCUT2D eigenvalue weighted by Gasteiger charge is 2.10. The zero-order valence-corrected chi connectivity index (χ0v) is 12.8. The second-order valence-corrected chi connectivity index (χ2v) is 6.22. The molecule has 3 aromatic rings. The van der Waals surface area contributed by atoms with Gasteiger partial charge in [0.1, 0.15) is 0 Å². The molecule has 0 saturated heterocycles. The number of aryl methyl sites for hydroxylation is 3. The van der Waals surface area contributed by atoms with Crippen molar-refractivity contribution in [2.75, 3.05) is 0 Å². The highest BCUT2D eigenvalue weighted by molar-refractivity contribution is 7.17. The van der Waals surface area contributed by atoms with Crippen LogP contribution >= 0.6 is 11.3 Å². The standard InChI is InChI=1S/C15H18N4S/c1-10-5-4-6-17-13(10)7-16-8-14-12(3)18-15-19(14)9-11(2)20-15/h4-6,9,16H,7-8H2,1-3H3. The molecule has 0 aromatic carbocycles. The lowest BCUT2D eigenvalue weighted by Crippen LogP contribution is -2.16. The Labute approximate surface area is 122 Å². The molecule has 3 rings (SSSR count). The van der Waals surface area contributed by atoms with Crippen molar-refractivity contribution in [3.8, 4) is 0 Å². The van der Waals surface area contributed by atoms with Gasteiger partial charge in [-0.15, -0.1) is 11.3 Å². The van der Waals surface area contributed by atoms with Crippen molar-refractivity contribution in [1.29, 1.82) is 0 Å². The van der Waals surface area contributed by atoms with Crippen molar-refractivity contribution in [1.82, 2.24) is 19.7 Å². The largest absolute Gasteiger partial charge is 0.305 e. The maximum atomic E-state index is 4.60. The van der Waals surface area contributed by atoms with E-state index in [0.29, 0.717) is 0 Å². The summed E-state index contributed by atoms with van der Waals surface area (Å²) >= 11 is 1.73. The van der Waals surface area contributed by atoms with E-state index in [1.807, 2.05) is 12.3 Å². The van der Waals surface area contributed by atoms with E-state index < -0.39 is 0 Å². The predicted molar refractivity (Wildman–Crippen MR) is 82.1 cm³/mol. The second kappa shape index (κ2) is 5.34. The molecule has 5 heteroatoms. The summed E-state index contributed by atoms with van der Waals surface area (Å²) in [6.07, 6.45) is 4.00. The van der Waals surface area contributed by atoms with E-state index in [1.54, 1.807) is 11.3 Å². The lowest BCUT2D eigenvalue weighted by Gasteiger charge is -2.07. The molecule has 0 unspecified atom stereocenters. The van der Waals surface area contributed by atoms with E-state index in [2.05, 4.69) is 52.7 Å². The van der Waals surface area contributed by atoms with Gasteiger partial charge in [0.05, 0.1) is 17.1 Å². The maximum absolute atomic E-state index is 4.60. The summed E-state index contributed by atoms with van der Waals surface area (Å²) < 4.78 is 2.19. The minimum Gasteiger partial charge on any atom is -0.305 e. The molecule has 0 aliphatic rings. The van der Waals surface area contributed by atoms with Crippen LogP contribution in [0.15, 0.2) is 24.5 Å². The first-order chi connectivity index (χ1) is 9.65. The van der Waals surface area contributed by atoms with Gasteiger partial charge < -0.3 is 5.32 Å². The lowest BCUT2D eigenvalue weighted by molar-refractivity contribution is 0.658. The molecular weight excluding hydrogens is 268 g/mol. The number of rotatable bonds is 4. The van der Waals surface area contributed by atoms with Gasteiger partial charge in [-0.05, 0) is 32.4 Å². The Morgan fingerprint density at radius 3 is 2.90 bits per heavy atom. The van der Waals surface area contributed by atoms with E-state index in [0.717, 1.165) is 29.4 Å². The van der Waals surface area contributed by atoms with Crippen LogP contribution in [-0.4, -0.2) is 14.4 Å². The number of nitrogens with zero attached hydrogens (tertiary/aromatic N) is 3. The van der Waals surface area contributed by atoms with Crippen LogP contribution in [0.5, 0.6) is 0 Å². The molecule has 0 fully saturated rings. The topological polar surface area (TPSA) is 42.2 Å².